The largest absolute Gasteiger partial charge is 0.367 e. The quantitative estimate of drug-likeness (QED) is 0.573. The SMILES string of the molecule is CCCN(C(C)OC)C(C)OC. The van der Waals surface area contributed by atoms with E-state index in [4.69, 9.17) is 9.47 Å². The lowest BCUT2D eigenvalue weighted by Gasteiger charge is -2.32. The summed E-state index contributed by atoms with van der Waals surface area (Å²) in [6.07, 6.45) is 1.36. The van der Waals surface area contributed by atoms with Gasteiger partial charge in [0, 0.05) is 20.8 Å². The van der Waals surface area contributed by atoms with Crippen LogP contribution in [0.3, 0.4) is 0 Å². The van der Waals surface area contributed by atoms with E-state index in [0.29, 0.717) is 0 Å². The summed E-state index contributed by atoms with van der Waals surface area (Å²) >= 11 is 0. The molecule has 2 unspecified atom stereocenters. The van der Waals surface area contributed by atoms with Crippen LogP contribution >= 0.6 is 0 Å². The highest BCUT2D eigenvalue weighted by molar-refractivity contribution is 4.59. The number of methoxy groups -OCH3 is 2. The van der Waals surface area contributed by atoms with E-state index in [2.05, 4.69) is 11.8 Å². The predicted octanol–water partition coefficient (Wildman–Crippen LogP) is 1.68. The highest BCUT2D eigenvalue weighted by Gasteiger charge is 2.17. The highest BCUT2D eigenvalue weighted by Crippen LogP contribution is 2.07. The summed E-state index contributed by atoms with van der Waals surface area (Å²) in [5, 5.41) is 0. The standard InChI is InChI=1S/C9H21NO2/c1-6-7-10(8(2)11-4)9(3)12-5/h8-9H,6-7H2,1-5H3. The van der Waals surface area contributed by atoms with E-state index >= 15 is 0 Å². The highest BCUT2D eigenvalue weighted by atomic mass is 16.5. The number of hydrogen-bond donors (Lipinski definition) is 0. The molecule has 3 nitrogen and oxygen atoms in total. The lowest BCUT2D eigenvalue weighted by atomic mass is 10.3. The summed E-state index contributed by atoms with van der Waals surface area (Å²) in [5.74, 6) is 0. The van der Waals surface area contributed by atoms with Gasteiger partial charge in [0.05, 0.1) is 0 Å². The van der Waals surface area contributed by atoms with Crippen molar-refractivity contribution < 1.29 is 9.47 Å². The van der Waals surface area contributed by atoms with Crippen LogP contribution in [0.4, 0.5) is 0 Å². The number of rotatable bonds is 6. The average molecular weight is 175 g/mol. The monoisotopic (exact) mass is 175 g/mol. The van der Waals surface area contributed by atoms with E-state index in [-0.39, 0.29) is 12.5 Å². The van der Waals surface area contributed by atoms with Crippen molar-refractivity contribution in [3.63, 3.8) is 0 Å². The van der Waals surface area contributed by atoms with Crippen LogP contribution in [-0.2, 0) is 9.47 Å². The molecule has 0 spiro atoms. The van der Waals surface area contributed by atoms with Gasteiger partial charge in [-0.1, -0.05) is 6.92 Å². The zero-order valence-electron chi connectivity index (χ0n) is 8.83. The lowest BCUT2D eigenvalue weighted by molar-refractivity contribution is -0.116. The Morgan fingerprint density at radius 1 is 1.08 bits per heavy atom. The van der Waals surface area contributed by atoms with Crippen LogP contribution in [-0.4, -0.2) is 38.1 Å². The minimum atomic E-state index is 0.125. The van der Waals surface area contributed by atoms with Crippen LogP contribution in [0.1, 0.15) is 27.2 Å². The summed E-state index contributed by atoms with van der Waals surface area (Å²) in [6, 6.07) is 0. The first kappa shape index (κ1) is 11.9. The van der Waals surface area contributed by atoms with E-state index < -0.39 is 0 Å². The van der Waals surface area contributed by atoms with Crippen molar-refractivity contribution in [2.24, 2.45) is 0 Å². The van der Waals surface area contributed by atoms with Crippen LogP contribution in [0.15, 0.2) is 0 Å². The maximum atomic E-state index is 5.23. The first-order chi connectivity index (χ1) is 5.67. The molecular weight excluding hydrogens is 154 g/mol. The first-order valence-electron chi connectivity index (χ1n) is 4.48. The Labute approximate surface area is 75.6 Å². The van der Waals surface area contributed by atoms with E-state index in [1.165, 1.54) is 0 Å². The predicted molar refractivity (Wildman–Crippen MR) is 49.9 cm³/mol. The lowest BCUT2D eigenvalue weighted by Crippen LogP contribution is -2.42. The Bertz CT molecular complexity index is 98.7. The Morgan fingerprint density at radius 2 is 1.50 bits per heavy atom. The van der Waals surface area contributed by atoms with Crippen molar-refractivity contribution in [1.82, 2.24) is 4.90 Å². The molecule has 12 heavy (non-hydrogen) atoms. The van der Waals surface area contributed by atoms with Gasteiger partial charge in [-0.15, -0.1) is 0 Å². The molecule has 74 valence electrons. The number of hydrogen-bond acceptors (Lipinski definition) is 3. The van der Waals surface area contributed by atoms with Gasteiger partial charge < -0.3 is 9.47 Å². The van der Waals surface area contributed by atoms with Crippen molar-refractivity contribution >= 4 is 0 Å². The van der Waals surface area contributed by atoms with Crippen molar-refractivity contribution in [3.8, 4) is 0 Å². The molecule has 0 rings (SSSR count). The zero-order valence-corrected chi connectivity index (χ0v) is 8.83. The van der Waals surface area contributed by atoms with Crippen LogP contribution < -0.4 is 0 Å². The van der Waals surface area contributed by atoms with E-state index in [0.717, 1.165) is 13.0 Å². The van der Waals surface area contributed by atoms with Crippen LogP contribution in [0, 0.1) is 0 Å². The fourth-order valence-electron chi connectivity index (χ4n) is 1.19. The summed E-state index contributed by atoms with van der Waals surface area (Å²) in [7, 11) is 3.44. The molecule has 0 aliphatic heterocycles. The summed E-state index contributed by atoms with van der Waals surface area (Å²) < 4.78 is 10.5. The molecule has 0 aliphatic carbocycles. The van der Waals surface area contributed by atoms with Gasteiger partial charge in [0.25, 0.3) is 0 Å². The second kappa shape index (κ2) is 6.40. The van der Waals surface area contributed by atoms with E-state index in [1.807, 2.05) is 13.8 Å². The van der Waals surface area contributed by atoms with Gasteiger partial charge in [-0.3, -0.25) is 4.90 Å². The Balaban J connectivity index is 4.01. The topological polar surface area (TPSA) is 21.7 Å². The molecule has 0 fully saturated rings. The normalized spacial score (nSPS) is 16.5. The second-order valence-electron chi connectivity index (χ2n) is 2.91. The fraction of sp³-hybridized carbons (Fsp3) is 1.00. The third kappa shape index (κ3) is 3.52. The number of ether oxygens (including phenoxy) is 2. The molecule has 3 heteroatoms. The van der Waals surface area contributed by atoms with Crippen molar-refractivity contribution in [2.45, 2.75) is 39.6 Å². The average Bonchev–Trinajstić information content (AvgIpc) is 2.11. The van der Waals surface area contributed by atoms with Gasteiger partial charge in [0.15, 0.2) is 0 Å². The van der Waals surface area contributed by atoms with Gasteiger partial charge >= 0.3 is 0 Å². The van der Waals surface area contributed by atoms with Gasteiger partial charge in [-0.05, 0) is 20.3 Å². The molecule has 0 radical (unpaired) electrons. The third-order valence-electron chi connectivity index (χ3n) is 2.10. The molecule has 0 aromatic rings. The smallest absolute Gasteiger partial charge is 0.109 e. The Hall–Kier alpha value is -0.120. The molecule has 0 aromatic heterocycles. The molecule has 0 bridgehead atoms. The number of nitrogens with zero attached hydrogens (tertiary/aromatic N) is 1. The second-order valence-corrected chi connectivity index (χ2v) is 2.91. The molecule has 0 saturated carbocycles. The van der Waals surface area contributed by atoms with Crippen LogP contribution in [0.25, 0.3) is 0 Å². The Morgan fingerprint density at radius 3 is 1.75 bits per heavy atom. The minimum Gasteiger partial charge on any atom is -0.367 e. The maximum Gasteiger partial charge on any atom is 0.109 e. The molecular formula is C9H21NO2. The first-order valence-corrected chi connectivity index (χ1v) is 4.48. The molecule has 0 aliphatic rings. The fourth-order valence-corrected chi connectivity index (χ4v) is 1.19. The maximum absolute atomic E-state index is 5.23. The molecule has 0 heterocycles. The third-order valence-corrected chi connectivity index (χ3v) is 2.10. The molecule has 2 atom stereocenters. The van der Waals surface area contributed by atoms with Crippen LogP contribution in [0.5, 0.6) is 0 Å². The van der Waals surface area contributed by atoms with Gasteiger partial charge in [-0.25, -0.2) is 0 Å². The van der Waals surface area contributed by atoms with Gasteiger partial charge in [-0.2, -0.15) is 0 Å². The van der Waals surface area contributed by atoms with Gasteiger partial charge in [0.2, 0.25) is 0 Å². The molecule has 0 saturated heterocycles. The Kier molecular flexibility index (Phi) is 6.34. The summed E-state index contributed by atoms with van der Waals surface area (Å²) in [5.41, 5.74) is 0. The van der Waals surface area contributed by atoms with Crippen LogP contribution in [0.2, 0.25) is 0 Å². The zero-order chi connectivity index (χ0) is 9.56. The van der Waals surface area contributed by atoms with Crippen molar-refractivity contribution in [3.05, 3.63) is 0 Å². The molecule has 0 aromatic carbocycles. The summed E-state index contributed by atoms with van der Waals surface area (Å²) in [6.45, 7) is 7.22. The van der Waals surface area contributed by atoms with Crippen molar-refractivity contribution in [1.29, 1.82) is 0 Å². The van der Waals surface area contributed by atoms with E-state index in [1.54, 1.807) is 14.2 Å². The van der Waals surface area contributed by atoms with Crippen molar-refractivity contribution in [2.75, 3.05) is 20.8 Å². The minimum absolute atomic E-state index is 0.125. The molecule has 0 N–H and O–H groups in total. The molecule has 0 amide bonds. The summed E-state index contributed by atoms with van der Waals surface area (Å²) in [4.78, 5) is 2.18. The van der Waals surface area contributed by atoms with Gasteiger partial charge in [0.1, 0.15) is 12.5 Å². The van der Waals surface area contributed by atoms with E-state index in [9.17, 15) is 0 Å².